The maximum Gasteiger partial charge on any atom is 0.120 e. The first-order valence-corrected chi connectivity index (χ1v) is 5.84. The van der Waals surface area contributed by atoms with Gasteiger partial charge in [0.1, 0.15) is 12.4 Å². The Bertz CT molecular complexity index is 504. The summed E-state index contributed by atoms with van der Waals surface area (Å²) in [7, 11) is 1.63. The van der Waals surface area contributed by atoms with Crippen LogP contribution in [0.1, 0.15) is 11.1 Å². The van der Waals surface area contributed by atoms with Crippen molar-refractivity contribution in [3.05, 3.63) is 72.0 Å². The number of methoxy groups -OCH3 is 1. The van der Waals surface area contributed by atoms with E-state index in [0.717, 1.165) is 16.9 Å². The quantitative estimate of drug-likeness (QED) is 0.738. The van der Waals surface area contributed by atoms with Crippen molar-refractivity contribution in [3.63, 3.8) is 0 Å². The Kier molecular flexibility index (Phi) is 4.42. The molecular weight excluding hydrogens is 224 g/mol. The molecule has 2 aromatic rings. The molecule has 0 heterocycles. The second kappa shape index (κ2) is 6.50. The fourth-order valence-electron chi connectivity index (χ4n) is 1.60. The monoisotopic (exact) mass is 240 g/mol. The Hall–Kier alpha value is -2.22. The van der Waals surface area contributed by atoms with Crippen molar-refractivity contribution in [2.75, 3.05) is 7.11 Å². The summed E-state index contributed by atoms with van der Waals surface area (Å²) in [5.41, 5.74) is 2.22. The third-order valence-corrected chi connectivity index (χ3v) is 2.50. The Morgan fingerprint density at radius 1 is 1.00 bits per heavy atom. The SMILES string of the molecule is CO/C=C/c1cccc(OCc2ccccc2)c1. The van der Waals surface area contributed by atoms with E-state index in [2.05, 4.69) is 12.1 Å². The lowest BCUT2D eigenvalue weighted by molar-refractivity contribution is 0.306. The lowest BCUT2D eigenvalue weighted by Crippen LogP contribution is -1.94. The summed E-state index contributed by atoms with van der Waals surface area (Å²) in [6, 6.07) is 18.0. The summed E-state index contributed by atoms with van der Waals surface area (Å²) in [6.45, 7) is 0.582. The molecule has 18 heavy (non-hydrogen) atoms. The molecule has 0 bridgehead atoms. The molecule has 0 saturated heterocycles. The molecule has 0 radical (unpaired) electrons. The fraction of sp³-hybridized carbons (Fsp3) is 0.125. The van der Waals surface area contributed by atoms with Crippen molar-refractivity contribution in [2.45, 2.75) is 6.61 Å². The highest BCUT2D eigenvalue weighted by molar-refractivity contribution is 5.50. The van der Waals surface area contributed by atoms with Gasteiger partial charge in [0, 0.05) is 0 Å². The molecule has 92 valence electrons. The van der Waals surface area contributed by atoms with Crippen molar-refractivity contribution in [1.82, 2.24) is 0 Å². The normalized spacial score (nSPS) is 10.5. The highest BCUT2D eigenvalue weighted by atomic mass is 16.5. The second-order valence-corrected chi connectivity index (χ2v) is 3.89. The van der Waals surface area contributed by atoms with Crippen LogP contribution in [0, 0.1) is 0 Å². The van der Waals surface area contributed by atoms with Crippen LogP contribution in [0.25, 0.3) is 6.08 Å². The van der Waals surface area contributed by atoms with Gasteiger partial charge in [-0.2, -0.15) is 0 Å². The lowest BCUT2D eigenvalue weighted by atomic mass is 10.2. The van der Waals surface area contributed by atoms with Gasteiger partial charge in [0.2, 0.25) is 0 Å². The average molecular weight is 240 g/mol. The smallest absolute Gasteiger partial charge is 0.120 e. The molecular formula is C16H16O2. The zero-order valence-electron chi connectivity index (χ0n) is 10.4. The summed E-state index contributed by atoms with van der Waals surface area (Å²) < 4.78 is 10.6. The van der Waals surface area contributed by atoms with E-state index in [4.69, 9.17) is 9.47 Å². The van der Waals surface area contributed by atoms with E-state index in [1.807, 2.05) is 48.5 Å². The van der Waals surface area contributed by atoms with Gasteiger partial charge in [0.05, 0.1) is 13.4 Å². The summed E-state index contributed by atoms with van der Waals surface area (Å²) in [4.78, 5) is 0. The topological polar surface area (TPSA) is 18.5 Å². The minimum atomic E-state index is 0.582. The minimum absolute atomic E-state index is 0.582. The summed E-state index contributed by atoms with van der Waals surface area (Å²) in [6.07, 6.45) is 3.55. The largest absolute Gasteiger partial charge is 0.504 e. The first kappa shape index (κ1) is 12.2. The molecule has 0 spiro atoms. The lowest BCUT2D eigenvalue weighted by Gasteiger charge is -2.06. The third kappa shape index (κ3) is 3.67. The molecule has 2 aromatic carbocycles. The number of rotatable bonds is 5. The van der Waals surface area contributed by atoms with Crippen LogP contribution in [0.3, 0.4) is 0 Å². The fourth-order valence-corrected chi connectivity index (χ4v) is 1.60. The van der Waals surface area contributed by atoms with Crippen LogP contribution in [0.2, 0.25) is 0 Å². The number of hydrogen-bond donors (Lipinski definition) is 0. The average Bonchev–Trinajstić information content (AvgIpc) is 2.44. The Labute approximate surface area is 107 Å². The van der Waals surface area contributed by atoms with E-state index in [1.165, 1.54) is 0 Å². The molecule has 0 aromatic heterocycles. The Morgan fingerprint density at radius 3 is 2.61 bits per heavy atom. The molecule has 0 amide bonds. The minimum Gasteiger partial charge on any atom is -0.504 e. The van der Waals surface area contributed by atoms with Crippen LogP contribution in [0.15, 0.2) is 60.9 Å². The zero-order chi connectivity index (χ0) is 12.6. The van der Waals surface area contributed by atoms with Gasteiger partial charge >= 0.3 is 0 Å². The van der Waals surface area contributed by atoms with Gasteiger partial charge in [0.15, 0.2) is 0 Å². The standard InChI is InChI=1S/C16H16O2/c1-17-11-10-14-8-5-9-16(12-14)18-13-15-6-3-2-4-7-15/h2-12H,13H2,1H3/b11-10+. The van der Waals surface area contributed by atoms with Crippen molar-refractivity contribution < 1.29 is 9.47 Å². The Morgan fingerprint density at radius 2 is 1.83 bits per heavy atom. The predicted molar refractivity (Wildman–Crippen MR) is 73.3 cm³/mol. The van der Waals surface area contributed by atoms with Gasteiger partial charge in [-0.1, -0.05) is 42.5 Å². The van der Waals surface area contributed by atoms with Crippen molar-refractivity contribution in [3.8, 4) is 5.75 Å². The Balaban J connectivity index is 1.99. The van der Waals surface area contributed by atoms with Crippen LogP contribution in [-0.2, 0) is 11.3 Å². The van der Waals surface area contributed by atoms with Crippen LogP contribution < -0.4 is 4.74 Å². The van der Waals surface area contributed by atoms with E-state index in [1.54, 1.807) is 13.4 Å². The van der Waals surface area contributed by atoms with Crippen molar-refractivity contribution >= 4 is 6.08 Å². The maximum absolute atomic E-state index is 5.74. The first-order chi connectivity index (χ1) is 8.88. The van der Waals surface area contributed by atoms with Crippen molar-refractivity contribution in [2.24, 2.45) is 0 Å². The molecule has 2 nitrogen and oxygen atoms in total. The molecule has 2 heteroatoms. The molecule has 0 unspecified atom stereocenters. The van der Waals surface area contributed by atoms with Gasteiger partial charge in [-0.05, 0) is 29.3 Å². The summed E-state index contributed by atoms with van der Waals surface area (Å²) >= 11 is 0. The molecule has 0 aliphatic heterocycles. The van der Waals surface area contributed by atoms with Crippen LogP contribution in [-0.4, -0.2) is 7.11 Å². The van der Waals surface area contributed by atoms with Crippen LogP contribution >= 0.6 is 0 Å². The summed E-state index contributed by atoms with van der Waals surface area (Å²) in [5.74, 6) is 0.858. The van der Waals surface area contributed by atoms with Gasteiger partial charge in [-0.3, -0.25) is 0 Å². The number of benzene rings is 2. The van der Waals surface area contributed by atoms with E-state index in [-0.39, 0.29) is 0 Å². The molecule has 0 fully saturated rings. The zero-order valence-corrected chi connectivity index (χ0v) is 10.4. The van der Waals surface area contributed by atoms with Crippen molar-refractivity contribution in [1.29, 1.82) is 0 Å². The number of ether oxygens (including phenoxy) is 2. The highest BCUT2D eigenvalue weighted by Crippen LogP contribution is 2.16. The molecule has 0 saturated carbocycles. The van der Waals surface area contributed by atoms with Gasteiger partial charge in [-0.15, -0.1) is 0 Å². The maximum atomic E-state index is 5.74. The second-order valence-electron chi connectivity index (χ2n) is 3.89. The van der Waals surface area contributed by atoms with E-state index < -0.39 is 0 Å². The first-order valence-electron chi connectivity index (χ1n) is 5.84. The van der Waals surface area contributed by atoms with E-state index in [0.29, 0.717) is 6.61 Å². The van der Waals surface area contributed by atoms with Gasteiger partial charge in [0.25, 0.3) is 0 Å². The van der Waals surface area contributed by atoms with Crippen LogP contribution in [0.5, 0.6) is 5.75 Å². The summed E-state index contributed by atoms with van der Waals surface area (Å²) in [5, 5.41) is 0. The third-order valence-electron chi connectivity index (χ3n) is 2.50. The van der Waals surface area contributed by atoms with E-state index in [9.17, 15) is 0 Å². The van der Waals surface area contributed by atoms with Gasteiger partial charge < -0.3 is 9.47 Å². The molecule has 0 aliphatic carbocycles. The van der Waals surface area contributed by atoms with Crippen LogP contribution in [0.4, 0.5) is 0 Å². The molecule has 0 aliphatic rings. The predicted octanol–water partition coefficient (Wildman–Crippen LogP) is 3.88. The highest BCUT2D eigenvalue weighted by Gasteiger charge is 1.96. The molecule has 2 rings (SSSR count). The molecule has 0 N–H and O–H groups in total. The molecule has 0 atom stereocenters. The number of hydrogen-bond acceptors (Lipinski definition) is 2. The van der Waals surface area contributed by atoms with E-state index >= 15 is 0 Å². The van der Waals surface area contributed by atoms with Gasteiger partial charge in [-0.25, -0.2) is 0 Å².